The molecule has 24 heteroatoms. The average Bonchev–Trinajstić information content (AvgIpc) is 3.44. The first-order valence-corrected chi connectivity index (χ1v) is 30.9. The summed E-state index contributed by atoms with van der Waals surface area (Å²) in [5, 5.41) is 116. The lowest BCUT2D eigenvalue weighted by Crippen LogP contribution is -2.69. The van der Waals surface area contributed by atoms with Gasteiger partial charge in [0, 0.05) is 12.8 Å². The van der Waals surface area contributed by atoms with Crippen molar-refractivity contribution in [1.82, 2.24) is 0 Å². The average molecular weight is 1150 g/mol. The van der Waals surface area contributed by atoms with Gasteiger partial charge in [0.2, 0.25) is 0 Å². The first kappa shape index (κ1) is 70.7. The molecule has 0 bridgehead atoms. The molecule has 2 saturated heterocycles. The van der Waals surface area contributed by atoms with Crippen LogP contribution in [-0.2, 0) is 51.6 Å². The molecule has 16 atom stereocenters. The van der Waals surface area contributed by atoms with Crippen LogP contribution in [0.25, 0.3) is 0 Å². The lowest BCUT2D eigenvalue weighted by Gasteiger charge is -2.49. The summed E-state index contributed by atoms with van der Waals surface area (Å²) in [5.41, 5.74) is 0. The smallest absolute Gasteiger partial charge is 0.462 e. The van der Waals surface area contributed by atoms with E-state index in [2.05, 4.69) is 13.8 Å². The Hall–Kier alpha value is -1.55. The summed E-state index contributed by atoms with van der Waals surface area (Å²) in [7, 11) is -5.63. The molecule has 0 aromatic carbocycles. The van der Waals surface area contributed by atoms with Crippen molar-refractivity contribution in [2.45, 2.75) is 304 Å². The number of aliphatic hydroxyl groups excluding tert-OH is 11. The molecule has 12 N–H and O–H groups in total. The standard InChI is InChI=1S/C54H101O23P/c1-3-5-7-9-11-13-15-16-17-18-19-21-22-24-26-28-30-39(57)70-34-36(72-40(58)31-29-27-25-23-20-14-12-10-8-6-4-2)35-71-78(68,69)77-52-50(75-53-48(66)43(61)41(59)37(32-55)73-53)46(64)45(63)47(65)51(52)76-54-49(67)44(62)42(60)38(33-56)74-54/h36-38,41-56,59-67H,3-35H2,1-2H3,(H,68,69). The normalized spacial score (nSPS) is 31.7. The van der Waals surface area contributed by atoms with Crippen LogP contribution in [0.3, 0.4) is 0 Å². The quantitative estimate of drug-likeness (QED) is 0.0235. The zero-order valence-electron chi connectivity index (χ0n) is 46.5. The van der Waals surface area contributed by atoms with E-state index in [-0.39, 0.29) is 12.8 Å². The maximum absolute atomic E-state index is 14.0. The molecule has 3 fully saturated rings. The van der Waals surface area contributed by atoms with Crippen LogP contribution in [0.1, 0.15) is 200 Å². The topological polar surface area (TPSA) is 368 Å². The summed E-state index contributed by atoms with van der Waals surface area (Å²) >= 11 is 0. The van der Waals surface area contributed by atoms with Crippen LogP contribution in [0.2, 0.25) is 0 Å². The molecule has 23 nitrogen and oxygen atoms in total. The minimum Gasteiger partial charge on any atom is -0.462 e. The van der Waals surface area contributed by atoms with Gasteiger partial charge >= 0.3 is 19.8 Å². The predicted octanol–water partition coefficient (Wildman–Crippen LogP) is 3.76. The minimum atomic E-state index is -5.63. The summed E-state index contributed by atoms with van der Waals surface area (Å²) in [6.07, 6.45) is -4.73. The number of carbonyl (C=O) groups is 2. The van der Waals surface area contributed by atoms with Crippen LogP contribution in [-0.4, -0.2) is 204 Å². The molecular formula is C54H101O23P. The lowest BCUT2D eigenvalue weighted by molar-refractivity contribution is -0.360. The highest BCUT2D eigenvalue weighted by molar-refractivity contribution is 7.47. The zero-order chi connectivity index (χ0) is 57.5. The number of ether oxygens (including phenoxy) is 6. The summed E-state index contributed by atoms with van der Waals surface area (Å²) in [5.74, 6) is -1.32. The fourth-order valence-corrected chi connectivity index (χ4v) is 11.0. The number of phosphoric ester groups is 1. The highest BCUT2D eigenvalue weighted by atomic mass is 31.2. The van der Waals surface area contributed by atoms with E-state index >= 15 is 0 Å². The van der Waals surface area contributed by atoms with Crippen molar-refractivity contribution in [3.8, 4) is 0 Å². The molecule has 460 valence electrons. The van der Waals surface area contributed by atoms with Gasteiger partial charge in [0.15, 0.2) is 18.7 Å². The zero-order valence-corrected chi connectivity index (χ0v) is 47.3. The highest BCUT2D eigenvalue weighted by Crippen LogP contribution is 2.49. The van der Waals surface area contributed by atoms with Crippen LogP contribution in [0.5, 0.6) is 0 Å². The SMILES string of the molecule is CCCCCCCCCCCCCCCCCCC(=O)OCC(COP(=O)(O)OC1C(OC2OC(CO)C(O)C(O)C2O)C(O)C(O)C(O)C1OC1OC(CO)C(O)C(O)C1O)OC(=O)CCCCCCCCCCCCC. The van der Waals surface area contributed by atoms with E-state index < -0.39 is 150 Å². The molecule has 3 aliphatic rings. The number of rotatable bonds is 43. The lowest BCUT2D eigenvalue weighted by atomic mass is 9.84. The number of hydrogen-bond donors (Lipinski definition) is 12. The summed E-state index contributed by atoms with van der Waals surface area (Å²) in [4.78, 5) is 37.4. The molecule has 0 aromatic rings. The van der Waals surface area contributed by atoms with E-state index in [1.165, 1.54) is 103 Å². The fraction of sp³-hybridized carbons (Fsp3) is 0.963. The molecule has 0 aromatic heterocycles. The molecule has 78 heavy (non-hydrogen) atoms. The molecule has 2 heterocycles. The third-order valence-electron chi connectivity index (χ3n) is 14.9. The Bertz CT molecular complexity index is 1560. The maximum atomic E-state index is 14.0. The maximum Gasteiger partial charge on any atom is 0.472 e. The van der Waals surface area contributed by atoms with Crippen molar-refractivity contribution < 1.29 is 113 Å². The van der Waals surface area contributed by atoms with Crippen molar-refractivity contribution in [2.24, 2.45) is 0 Å². The number of unbranched alkanes of at least 4 members (excludes halogenated alkanes) is 25. The second kappa shape index (κ2) is 39.8. The number of esters is 2. The van der Waals surface area contributed by atoms with Crippen LogP contribution < -0.4 is 0 Å². The van der Waals surface area contributed by atoms with Gasteiger partial charge in [-0.2, -0.15) is 0 Å². The Kier molecular flexibility index (Phi) is 36.1. The number of carbonyl (C=O) groups excluding carboxylic acids is 2. The van der Waals surface area contributed by atoms with Crippen LogP contribution in [0, 0.1) is 0 Å². The van der Waals surface area contributed by atoms with Gasteiger partial charge in [-0.05, 0) is 12.8 Å². The molecule has 2 aliphatic heterocycles. The van der Waals surface area contributed by atoms with Crippen molar-refractivity contribution in [2.75, 3.05) is 26.4 Å². The third kappa shape index (κ3) is 25.5. The minimum absolute atomic E-state index is 0.0257. The van der Waals surface area contributed by atoms with E-state index in [0.717, 1.165) is 57.8 Å². The molecule has 0 spiro atoms. The van der Waals surface area contributed by atoms with Gasteiger partial charge in [-0.15, -0.1) is 0 Å². The van der Waals surface area contributed by atoms with E-state index in [0.29, 0.717) is 12.8 Å². The molecule has 3 rings (SSSR count). The Balaban J connectivity index is 1.69. The van der Waals surface area contributed by atoms with Crippen LogP contribution in [0.15, 0.2) is 0 Å². The first-order chi connectivity index (χ1) is 37.4. The molecule has 0 amide bonds. The largest absolute Gasteiger partial charge is 0.472 e. The van der Waals surface area contributed by atoms with Gasteiger partial charge in [-0.1, -0.05) is 174 Å². The molecule has 0 radical (unpaired) electrons. The summed E-state index contributed by atoms with van der Waals surface area (Å²) < 4.78 is 58.1. The fourth-order valence-electron chi connectivity index (χ4n) is 10.0. The Morgan fingerprint density at radius 1 is 0.436 bits per heavy atom. The molecule has 1 aliphatic carbocycles. The van der Waals surface area contributed by atoms with E-state index in [1.54, 1.807) is 0 Å². The van der Waals surface area contributed by atoms with E-state index in [4.69, 9.17) is 37.5 Å². The van der Waals surface area contributed by atoms with E-state index in [1.807, 2.05) is 0 Å². The van der Waals surface area contributed by atoms with Crippen molar-refractivity contribution in [3.05, 3.63) is 0 Å². The van der Waals surface area contributed by atoms with Crippen molar-refractivity contribution >= 4 is 19.8 Å². The Morgan fingerprint density at radius 3 is 1.13 bits per heavy atom. The van der Waals surface area contributed by atoms with Gasteiger partial charge in [0.1, 0.15) is 92.1 Å². The van der Waals surface area contributed by atoms with Gasteiger partial charge in [-0.25, -0.2) is 4.57 Å². The number of aliphatic hydroxyl groups is 11. The summed E-state index contributed by atoms with van der Waals surface area (Å²) in [6, 6.07) is 0. The number of phosphoric acid groups is 1. The van der Waals surface area contributed by atoms with Gasteiger partial charge in [0.25, 0.3) is 0 Å². The number of hydrogen-bond acceptors (Lipinski definition) is 22. The monoisotopic (exact) mass is 1150 g/mol. The van der Waals surface area contributed by atoms with Gasteiger partial charge < -0.3 is 89.5 Å². The van der Waals surface area contributed by atoms with Crippen molar-refractivity contribution in [3.63, 3.8) is 0 Å². The second-order valence-electron chi connectivity index (χ2n) is 21.5. The van der Waals surface area contributed by atoms with E-state index in [9.17, 15) is 75.2 Å². The highest BCUT2D eigenvalue weighted by Gasteiger charge is 2.58. The molecular weight excluding hydrogens is 1050 g/mol. The molecule has 16 unspecified atom stereocenters. The predicted molar refractivity (Wildman–Crippen MR) is 282 cm³/mol. The molecule has 1 saturated carbocycles. The Morgan fingerprint density at radius 2 is 0.769 bits per heavy atom. The Labute approximate surface area is 461 Å². The van der Waals surface area contributed by atoms with Gasteiger partial charge in [0.05, 0.1) is 19.8 Å². The van der Waals surface area contributed by atoms with Crippen molar-refractivity contribution in [1.29, 1.82) is 0 Å². The first-order valence-electron chi connectivity index (χ1n) is 29.4. The summed E-state index contributed by atoms with van der Waals surface area (Å²) in [6.45, 7) is 1.01. The van der Waals surface area contributed by atoms with Crippen LogP contribution in [0.4, 0.5) is 0 Å². The third-order valence-corrected chi connectivity index (χ3v) is 15.9. The second-order valence-corrected chi connectivity index (χ2v) is 22.9. The van der Waals surface area contributed by atoms with Gasteiger partial charge in [-0.3, -0.25) is 18.6 Å². The van der Waals surface area contributed by atoms with Crippen LogP contribution >= 0.6 is 7.82 Å².